The largest absolute Gasteiger partial charge is 0.488 e. The minimum atomic E-state index is 0.134. The molecule has 0 aromatic heterocycles. The lowest BCUT2D eigenvalue weighted by atomic mass is 10.2. The summed E-state index contributed by atoms with van der Waals surface area (Å²) in [5.41, 5.74) is 1.20. The van der Waals surface area contributed by atoms with Crippen LogP contribution >= 0.6 is 31.9 Å². The van der Waals surface area contributed by atoms with E-state index >= 15 is 0 Å². The highest BCUT2D eigenvalue weighted by Gasteiger charge is 2.20. The molecule has 1 unspecified atom stereocenters. The predicted molar refractivity (Wildman–Crippen MR) is 92.0 cm³/mol. The van der Waals surface area contributed by atoms with Crippen LogP contribution in [0.2, 0.25) is 0 Å². The topological polar surface area (TPSA) is 33.7 Å². The van der Waals surface area contributed by atoms with Gasteiger partial charge in [0.15, 0.2) is 0 Å². The third-order valence-corrected chi connectivity index (χ3v) is 4.70. The van der Waals surface area contributed by atoms with Crippen molar-refractivity contribution in [3.8, 4) is 5.75 Å². The van der Waals surface area contributed by atoms with E-state index in [-0.39, 0.29) is 6.10 Å². The maximum atomic E-state index is 5.97. The summed E-state index contributed by atoms with van der Waals surface area (Å²) in [6, 6.07) is 4.16. The van der Waals surface area contributed by atoms with Crippen LogP contribution in [0.3, 0.4) is 0 Å². The van der Waals surface area contributed by atoms with Gasteiger partial charge in [0.1, 0.15) is 18.5 Å². The standard InChI is InChI=1S/C15H22Br2N2O2/c1-3-19-4-5-20-12(9-19)10-21-15-13(16)6-11(8-18-2)7-14(15)17/h6-7,12,18H,3-5,8-10H2,1-2H3. The average Bonchev–Trinajstić information content (AvgIpc) is 2.47. The lowest BCUT2D eigenvalue weighted by molar-refractivity contribution is -0.0466. The Morgan fingerprint density at radius 3 is 2.71 bits per heavy atom. The summed E-state index contributed by atoms with van der Waals surface area (Å²) in [7, 11) is 1.94. The molecule has 1 heterocycles. The second-order valence-electron chi connectivity index (χ2n) is 5.12. The van der Waals surface area contributed by atoms with Gasteiger partial charge >= 0.3 is 0 Å². The molecule has 1 aliphatic rings. The van der Waals surface area contributed by atoms with Crippen molar-refractivity contribution < 1.29 is 9.47 Å². The van der Waals surface area contributed by atoms with Crippen molar-refractivity contribution in [2.24, 2.45) is 0 Å². The SMILES string of the molecule is CCN1CCOC(COc2c(Br)cc(CNC)cc2Br)C1. The van der Waals surface area contributed by atoms with Crippen molar-refractivity contribution in [1.29, 1.82) is 0 Å². The molecule has 0 radical (unpaired) electrons. The van der Waals surface area contributed by atoms with Gasteiger partial charge in [-0.25, -0.2) is 0 Å². The number of likely N-dealkylation sites (N-methyl/N-ethyl adjacent to an activating group) is 1. The molecule has 118 valence electrons. The number of morpholine rings is 1. The molecule has 1 atom stereocenters. The van der Waals surface area contributed by atoms with Crippen molar-refractivity contribution in [3.05, 3.63) is 26.6 Å². The van der Waals surface area contributed by atoms with Crippen LogP contribution in [-0.2, 0) is 11.3 Å². The molecule has 1 aromatic rings. The van der Waals surface area contributed by atoms with Crippen molar-refractivity contribution in [1.82, 2.24) is 10.2 Å². The van der Waals surface area contributed by atoms with Crippen LogP contribution in [0.15, 0.2) is 21.1 Å². The molecule has 4 nitrogen and oxygen atoms in total. The molecule has 2 rings (SSSR count). The van der Waals surface area contributed by atoms with E-state index in [0.29, 0.717) is 6.61 Å². The lowest BCUT2D eigenvalue weighted by Gasteiger charge is -2.32. The van der Waals surface area contributed by atoms with Crippen LogP contribution in [0.1, 0.15) is 12.5 Å². The zero-order valence-electron chi connectivity index (χ0n) is 12.5. The summed E-state index contributed by atoms with van der Waals surface area (Å²) >= 11 is 7.17. The van der Waals surface area contributed by atoms with Crippen LogP contribution in [0, 0.1) is 0 Å². The summed E-state index contributed by atoms with van der Waals surface area (Å²) in [4.78, 5) is 2.39. The lowest BCUT2D eigenvalue weighted by Crippen LogP contribution is -2.44. The number of hydrogen-bond acceptors (Lipinski definition) is 4. The number of halogens is 2. The van der Waals surface area contributed by atoms with Gasteiger partial charge in [-0.2, -0.15) is 0 Å². The van der Waals surface area contributed by atoms with Gasteiger partial charge < -0.3 is 14.8 Å². The van der Waals surface area contributed by atoms with Crippen molar-refractivity contribution >= 4 is 31.9 Å². The van der Waals surface area contributed by atoms with Crippen molar-refractivity contribution in [2.75, 3.05) is 39.9 Å². The van der Waals surface area contributed by atoms with E-state index in [1.54, 1.807) is 0 Å². The van der Waals surface area contributed by atoms with Gasteiger partial charge in [0.05, 0.1) is 15.6 Å². The molecule has 1 aliphatic heterocycles. The third kappa shape index (κ3) is 4.93. The van der Waals surface area contributed by atoms with Gasteiger partial charge in [-0.15, -0.1) is 0 Å². The summed E-state index contributed by atoms with van der Waals surface area (Å²) in [6.45, 7) is 7.37. The molecule has 6 heteroatoms. The van der Waals surface area contributed by atoms with Crippen molar-refractivity contribution in [3.63, 3.8) is 0 Å². The summed E-state index contributed by atoms with van der Waals surface area (Å²) in [5, 5.41) is 3.14. The third-order valence-electron chi connectivity index (χ3n) is 3.52. The van der Waals surface area contributed by atoms with Crippen LogP contribution in [-0.4, -0.2) is 50.9 Å². The summed E-state index contributed by atoms with van der Waals surface area (Å²) < 4.78 is 13.7. The van der Waals surface area contributed by atoms with Crippen LogP contribution in [0.5, 0.6) is 5.75 Å². The van der Waals surface area contributed by atoms with E-state index in [2.05, 4.69) is 61.1 Å². The Hall–Kier alpha value is -0.140. The molecular formula is C15H22Br2N2O2. The smallest absolute Gasteiger partial charge is 0.147 e. The first kappa shape index (κ1) is 17.2. The van der Waals surface area contributed by atoms with Crippen LogP contribution in [0.4, 0.5) is 0 Å². The fourth-order valence-electron chi connectivity index (χ4n) is 2.40. The number of hydrogen-bond donors (Lipinski definition) is 1. The minimum Gasteiger partial charge on any atom is -0.488 e. The number of rotatable bonds is 6. The molecule has 1 aromatic carbocycles. The number of nitrogens with one attached hydrogen (secondary N) is 1. The van der Waals surface area contributed by atoms with Gasteiger partial charge in [0.25, 0.3) is 0 Å². The first-order chi connectivity index (χ1) is 10.1. The molecule has 1 saturated heterocycles. The fourth-order valence-corrected chi connectivity index (χ4v) is 3.91. The normalized spacial score (nSPS) is 19.7. The molecule has 0 saturated carbocycles. The Morgan fingerprint density at radius 2 is 2.10 bits per heavy atom. The zero-order valence-corrected chi connectivity index (χ0v) is 15.7. The highest BCUT2D eigenvalue weighted by molar-refractivity contribution is 9.11. The monoisotopic (exact) mass is 420 g/mol. The second-order valence-corrected chi connectivity index (χ2v) is 6.82. The van der Waals surface area contributed by atoms with Gasteiger partial charge in [0, 0.05) is 19.6 Å². The maximum absolute atomic E-state index is 5.97. The van der Waals surface area contributed by atoms with E-state index in [0.717, 1.165) is 47.5 Å². The van der Waals surface area contributed by atoms with E-state index in [1.165, 1.54) is 5.56 Å². The molecule has 0 amide bonds. The number of nitrogens with zero attached hydrogens (tertiary/aromatic N) is 1. The Morgan fingerprint density at radius 1 is 1.38 bits per heavy atom. The van der Waals surface area contributed by atoms with Crippen LogP contribution < -0.4 is 10.1 Å². The highest BCUT2D eigenvalue weighted by Crippen LogP contribution is 2.35. The summed E-state index contributed by atoms with van der Waals surface area (Å²) in [6.07, 6.45) is 0.134. The summed E-state index contributed by atoms with van der Waals surface area (Å²) in [5.74, 6) is 0.840. The van der Waals surface area contributed by atoms with E-state index in [9.17, 15) is 0 Å². The maximum Gasteiger partial charge on any atom is 0.147 e. The molecule has 0 spiro atoms. The molecule has 21 heavy (non-hydrogen) atoms. The highest BCUT2D eigenvalue weighted by atomic mass is 79.9. The Labute approximate surface area is 143 Å². The van der Waals surface area contributed by atoms with Crippen molar-refractivity contribution in [2.45, 2.75) is 19.6 Å². The Balaban J connectivity index is 1.96. The Kier molecular flexibility index (Phi) is 6.95. The van der Waals surface area contributed by atoms with Gasteiger partial charge in [-0.3, -0.25) is 4.90 Å². The molecular weight excluding hydrogens is 400 g/mol. The van der Waals surface area contributed by atoms with E-state index < -0.39 is 0 Å². The van der Waals surface area contributed by atoms with E-state index in [1.807, 2.05) is 7.05 Å². The molecule has 1 N–H and O–H groups in total. The fraction of sp³-hybridized carbons (Fsp3) is 0.600. The first-order valence-corrected chi connectivity index (χ1v) is 8.82. The predicted octanol–water partition coefficient (Wildman–Crippen LogP) is 3.03. The van der Waals surface area contributed by atoms with Gasteiger partial charge in [-0.1, -0.05) is 6.92 Å². The van der Waals surface area contributed by atoms with Crippen LogP contribution in [0.25, 0.3) is 0 Å². The minimum absolute atomic E-state index is 0.134. The quantitative estimate of drug-likeness (QED) is 0.765. The second kappa shape index (κ2) is 8.48. The van der Waals surface area contributed by atoms with Gasteiger partial charge in [0.2, 0.25) is 0 Å². The average molecular weight is 422 g/mol. The van der Waals surface area contributed by atoms with Gasteiger partial charge in [-0.05, 0) is 63.1 Å². The molecule has 0 aliphatic carbocycles. The van der Waals surface area contributed by atoms with E-state index in [4.69, 9.17) is 9.47 Å². The zero-order chi connectivity index (χ0) is 15.2. The molecule has 1 fully saturated rings. The Bertz CT molecular complexity index is 448. The number of benzene rings is 1. The number of ether oxygens (including phenoxy) is 2. The molecule has 0 bridgehead atoms. The first-order valence-electron chi connectivity index (χ1n) is 7.23.